The van der Waals surface area contributed by atoms with Gasteiger partial charge in [0, 0.05) is 0 Å². The van der Waals surface area contributed by atoms with Gasteiger partial charge in [0.1, 0.15) is 18.7 Å². The van der Waals surface area contributed by atoms with Crippen molar-refractivity contribution in [2.45, 2.75) is 45.9 Å². The van der Waals surface area contributed by atoms with Crippen molar-refractivity contribution in [2.24, 2.45) is 5.92 Å². The number of amides is 2. The molecule has 1 rings (SSSR count). The van der Waals surface area contributed by atoms with E-state index in [2.05, 4.69) is 10.6 Å². The standard InChI is InChI=1S/C17H24N2O5/c1-11(2)9-14(16(21)22)19-15(20)12(3)18-17(23)24-10-13-7-5-4-6-8-13/h4-8,11-12,14H,9-10H2,1-3H3,(H,18,23)(H,19,20)(H,21,22). The van der Waals surface area contributed by atoms with Crippen LogP contribution in [0.4, 0.5) is 4.79 Å². The van der Waals surface area contributed by atoms with E-state index < -0.39 is 30.1 Å². The lowest BCUT2D eigenvalue weighted by molar-refractivity contribution is -0.142. The van der Waals surface area contributed by atoms with Gasteiger partial charge < -0.3 is 20.5 Å². The summed E-state index contributed by atoms with van der Waals surface area (Å²) in [4.78, 5) is 34.9. The molecular formula is C17H24N2O5. The van der Waals surface area contributed by atoms with Gasteiger partial charge in [0.15, 0.2) is 0 Å². The SMILES string of the molecule is CC(C)CC(NC(=O)C(C)NC(=O)OCc1ccccc1)C(=O)O. The Morgan fingerprint density at radius 3 is 2.25 bits per heavy atom. The zero-order valence-electron chi connectivity index (χ0n) is 14.1. The van der Waals surface area contributed by atoms with Gasteiger partial charge in [-0.15, -0.1) is 0 Å². The van der Waals surface area contributed by atoms with E-state index in [9.17, 15) is 14.4 Å². The van der Waals surface area contributed by atoms with Crippen LogP contribution in [0.1, 0.15) is 32.8 Å². The summed E-state index contributed by atoms with van der Waals surface area (Å²) < 4.78 is 5.02. The molecular weight excluding hydrogens is 312 g/mol. The van der Waals surface area contributed by atoms with Crippen LogP contribution >= 0.6 is 0 Å². The number of aliphatic carboxylic acids is 1. The Balaban J connectivity index is 2.44. The highest BCUT2D eigenvalue weighted by atomic mass is 16.5. The number of ether oxygens (including phenoxy) is 1. The molecule has 0 fully saturated rings. The number of carboxylic acid groups (broad SMARTS) is 1. The molecule has 132 valence electrons. The van der Waals surface area contributed by atoms with Gasteiger partial charge in [-0.3, -0.25) is 4.79 Å². The second-order valence-electron chi connectivity index (χ2n) is 5.96. The molecule has 24 heavy (non-hydrogen) atoms. The quantitative estimate of drug-likeness (QED) is 0.673. The highest BCUT2D eigenvalue weighted by Gasteiger charge is 2.24. The van der Waals surface area contributed by atoms with E-state index >= 15 is 0 Å². The molecule has 1 aromatic rings. The van der Waals surface area contributed by atoms with Crippen molar-refractivity contribution in [1.82, 2.24) is 10.6 Å². The molecule has 0 aliphatic rings. The summed E-state index contributed by atoms with van der Waals surface area (Å²) in [6.45, 7) is 5.29. The van der Waals surface area contributed by atoms with Gasteiger partial charge in [0.2, 0.25) is 5.91 Å². The van der Waals surface area contributed by atoms with Crippen LogP contribution in [-0.2, 0) is 20.9 Å². The molecule has 0 aromatic heterocycles. The molecule has 0 spiro atoms. The van der Waals surface area contributed by atoms with E-state index in [0.717, 1.165) is 5.56 Å². The average molecular weight is 336 g/mol. The summed E-state index contributed by atoms with van der Waals surface area (Å²) in [7, 11) is 0. The Hall–Kier alpha value is -2.57. The number of carbonyl (C=O) groups is 3. The van der Waals surface area contributed by atoms with E-state index in [1.807, 2.05) is 44.2 Å². The zero-order valence-corrected chi connectivity index (χ0v) is 14.1. The molecule has 0 heterocycles. The summed E-state index contributed by atoms with van der Waals surface area (Å²) in [6, 6.07) is 7.25. The van der Waals surface area contributed by atoms with Gasteiger partial charge in [0.25, 0.3) is 0 Å². The Labute approximate surface area is 141 Å². The zero-order chi connectivity index (χ0) is 18.1. The van der Waals surface area contributed by atoms with Crippen molar-refractivity contribution in [1.29, 1.82) is 0 Å². The van der Waals surface area contributed by atoms with Crippen LogP contribution in [-0.4, -0.2) is 35.2 Å². The minimum atomic E-state index is -1.10. The Morgan fingerprint density at radius 2 is 1.71 bits per heavy atom. The van der Waals surface area contributed by atoms with Crippen molar-refractivity contribution in [3.63, 3.8) is 0 Å². The Bertz CT molecular complexity index is 559. The Kier molecular flexibility index (Phi) is 7.74. The molecule has 0 bridgehead atoms. The van der Waals surface area contributed by atoms with Crippen LogP contribution in [0.3, 0.4) is 0 Å². The summed E-state index contributed by atoms with van der Waals surface area (Å²) in [5.41, 5.74) is 0.827. The lowest BCUT2D eigenvalue weighted by Gasteiger charge is -2.19. The van der Waals surface area contributed by atoms with Crippen molar-refractivity contribution < 1.29 is 24.2 Å². The maximum Gasteiger partial charge on any atom is 0.408 e. The lowest BCUT2D eigenvalue weighted by Crippen LogP contribution is -2.50. The molecule has 3 N–H and O–H groups in total. The summed E-state index contributed by atoms with van der Waals surface area (Å²) >= 11 is 0. The fourth-order valence-electron chi connectivity index (χ4n) is 2.00. The van der Waals surface area contributed by atoms with Gasteiger partial charge in [0.05, 0.1) is 0 Å². The van der Waals surface area contributed by atoms with E-state index in [4.69, 9.17) is 9.84 Å². The number of alkyl carbamates (subject to hydrolysis) is 1. The number of hydrogen-bond donors (Lipinski definition) is 3. The highest BCUT2D eigenvalue weighted by Crippen LogP contribution is 2.05. The summed E-state index contributed by atoms with van der Waals surface area (Å²) in [5, 5.41) is 13.9. The summed E-state index contributed by atoms with van der Waals surface area (Å²) in [5.74, 6) is -1.55. The molecule has 2 amide bonds. The number of hydrogen-bond acceptors (Lipinski definition) is 4. The first-order valence-electron chi connectivity index (χ1n) is 7.80. The fourth-order valence-corrected chi connectivity index (χ4v) is 2.00. The van der Waals surface area contributed by atoms with Gasteiger partial charge in [-0.2, -0.15) is 0 Å². The van der Waals surface area contributed by atoms with E-state index in [1.165, 1.54) is 6.92 Å². The van der Waals surface area contributed by atoms with E-state index in [1.54, 1.807) is 0 Å². The third kappa shape index (κ3) is 7.13. The second-order valence-corrected chi connectivity index (χ2v) is 5.96. The van der Waals surface area contributed by atoms with Gasteiger partial charge in [-0.05, 0) is 24.8 Å². The molecule has 0 aliphatic carbocycles. The lowest BCUT2D eigenvalue weighted by atomic mass is 10.0. The summed E-state index contributed by atoms with van der Waals surface area (Å²) in [6.07, 6.45) is -0.427. The minimum Gasteiger partial charge on any atom is -0.480 e. The number of benzene rings is 1. The number of rotatable bonds is 8. The maximum atomic E-state index is 12.0. The normalized spacial score (nSPS) is 13.0. The molecule has 7 nitrogen and oxygen atoms in total. The minimum absolute atomic E-state index is 0.0894. The van der Waals surface area contributed by atoms with Crippen molar-refractivity contribution in [3.8, 4) is 0 Å². The fraction of sp³-hybridized carbons (Fsp3) is 0.471. The molecule has 0 saturated heterocycles. The van der Waals surface area contributed by atoms with E-state index in [0.29, 0.717) is 6.42 Å². The third-order valence-corrected chi connectivity index (χ3v) is 3.26. The third-order valence-electron chi connectivity index (χ3n) is 3.26. The van der Waals surface area contributed by atoms with E-state index in [-0.39, 0.29) is 12.5 Å². The van der Waals surface area contributed by atoms with Gasteiger partial charge in [-0.1, -0.05) is 44.2 Å². The number of nitrogens with one attached hydrogen (secondary N) is 2. The van der Waals surface area contributed by atoms with Crippen molar-refractivity contribution in [2.75, 3.05) is 0 Å². The largest absolute Gasteiger partial charge is 0.480 e. The number of carbonyl (C=O) groups excluding carboxylic acids is 2. The second kappa shape index (κ2) is 9.54. The molecule has 2 unspecified atom stereocenters. The van der Waals surface area contributed by atoms with Crippen LogP contribution in [0.25, 0.3) is 0 Å². The van der Waals surface area contributed by atoms with Crippen LogP contribution < -0.4 is 10.6 Å². The molecule has 0 radical (unpaired) electrons. The molecule has 7 heteroatoms. The molecule has 0 saturated carbocycles. The first-order chi connectivity index (χ1) is 11.3. The smallest absolute Gasteiger partial charge is 0.408 e. The first kappa shape index (κ1) is 19.5. The molecule has 0 aliphatic heterocycles. The predicted octanol–water partition coefficient (Wildman–Crippen LogP) is 1.92. The van der Waals surface area contributed by atoms with Crippen LogP contribution in [0.2, 0.25) is 0 Å². The monoisotopic (exact) mass is 336 g/mol. The number of carboxylic acids is 1. The average Bonchev–Trinajstić information content (AvgIpc) is 2.52. The van der Waals surface area contributed by atoms with Gasteiger partial charge in [-0.25, -0.2) is 9.59 Å². The molecule has 2 atom stereocenters. The molecule has 1 aromatic carbocycles. The predicted molar refractivity (Wildman–Crippen MR) is 88.2 cm³/mol. The maximum absolute atomic E-state index is 12.0. The van der Waals surface area contributed by atoms with Crippen LogP contribution in [0, 0.1) is 5.92 Å². The first-order valence-corrected chi connectivity index (χ1v) is 7.80. The topological polar surface area (TPSA) is 105 Å². The van der Waals surface area contributed by atoms with Crippen LogP contribution in [0.5, 0.6) is 0 Å². The van der Waals surface area contributed by atoms with Crippen molar-refractivity contribution in [3.05, 3.63) is 35.9 Å². The van der Waals surface area contributed by atoms with Crippen LogP contribution in [0.15, 0.2) is 30.3 Å². The van der Waals surface area contributed by atoms with Crippen molar-refractivity contribution >= 4 is 18.0 Å². The highest BCUT2D eigenvalue weighted by molar-refractivity contribution is 5.88. The van der Waals surface area contributed by atoms with Gasteiger partial charge >= 0.3 is 12.1 Å². The Morgan fingerprint density at radius 1 is 1.08 bits per heavy atom.